The Labute approximate surface area is 172 Å². The van der Waals surface area contributed by atoms with Crippen LogP contribution in [0.4, 0.5) is 0 Å². The maximum Gasteiger partial charge on any atom is 0.170 e. The molecule has 0 saturated carbocycles. The minimum atomic E-state index is 0. The molecule has 4 aromatic rings. The Morgan fingerprint density at radius 3 is 2.37 bits per heavy atom. The van der Waals surface area contributed by atoms with Gasteiger partial charge in [0, 0.05) is 25.6 Å². The van der Waals surface area contributed by atoms with E-state index in [1.807, 2.05) is 16.8 Å². The van der Waals surface area contributed by atoms with Crippen LogP contribution in [0, 0.1) is 6.07 Å². The zero-order valence-electron chi connectivity index (χ0n) is 15.7. The first kappa shape index (κ1) is 19.5. The van der Waals surface area contributed by atoms with Gasteiger partial charge in [0.1, 0.15) is 6.33 Å². The van der Waals surface area contributed by atoms with Gasteiger partial charge >= 0.3 is 0 Å². The molecular formula is C21H21IrN4O-. The first-order chi connectivity index (χ1) is 12.6. The molecule has 2 aromatic heterocycles. The van der Waals surface area contributed by atoms with Crippen LogP contribution >= 0.6 is 0 Å². The topological polar surface area (TPSA) is 56.7 Å². The largest absolute Gasteiger partial charge is 0.464 e. The molecule has 5 nitrogen and oxygen atoms in total. The van der Waals surface area contributed by atoms with Crippen molar-refractivity contribution in [2.45, 2.75) is 39.5 Å². The van der Waals surface area contributed by atoms with Gasteiger partial charge in [0.2, 0.25) is 0 Å². The Hall–Kier alpha value is -2.30. The summed E-state index contributed by atoms with van der Waals surface area (Å²) in [7, 11) is 0. The van der Waals surface area contributed by atoms with Crippen molar-refractivity contribution in [1.82, 2.24) is 19.7 Å². The molecule has 0 saturated heterocycles. The minimum Gasteiger partial charge on any atom is -0.464 e. The van der Waals surface area contributed by atoms with E-state index in [2.05, 4.69) is 67.0 Å². The second-order valence-corrected chi connectivity index (χ2v) is 7.01. The zero-order chi connectivity index (χ0) is 18.3. The van der Waals surface area contributed by atoms with E-state index in [4.69, 9.17) is 4.42 Å². The molecule has 0 atom stereocenters. The van der Waals surface area contributed by atoms with Crippen molar-refractivity contribution in [3.8, 4) is 17.1 Å². The van der Waals surface area contributed by atoms with E-state index < -0.39 is 0 Å². The van der Waals surface area contributed by atoms with E-state index in [0.717, 1.165) is 28.2 Å². The Kier molecular flexibility index (Phi) is 5.58. The number of para-hydroxylation sites is 1. The summed E-state index contributed by atoms with van der Waals surface area (Å²) in [6.07, 6.45) is 3.04. The summed E-state index contributed by atoms with van der Waals surface area (Å²) in [5.74, 6) is 1.46. The van der Waals surface area contributed by atoms with Crippen LogP contribution in [-0.2, 0) is 20.1 Å². The van der Waals surface area contributed by atoms with Crippen molar-refractivity contribution < 1.29 is 24.5 Å². The fourth-order valence-electron chi connectivity index (χ4n) is 3.33. The van der Waals surface area contributed by atoms with E-state index >= 15 is 0 Å². The van der Waals surface area contributed by atoms with Crippen molar-refractivity contribution >= 4 is 11.1 Å². The maximum absolute atomic E-state index is 5.44. The van der Waals surface area contributed by atoms with Crippen molar-refractivity contribution in [3.63, 3.8) is 0 Å². The van der Waals surface area contributed by atoms with Gasteiger partial charge in [-0.25, -0.2) is 0 Å². The molecule has 4 rings (SSSR count). The van der Waals surface area contributed by atoms with Crippen LogP contribution in [-0.4, -0.2) is 19.7 Å². The fourth-order valence-corrected chi connectivity index (χ4v) is 3.33. The van der Waals surface area contributed by atoms with Crippen LogP contribution < -0.4 is 0 Å². The number of rotatable bonds is 4. The van der Waals surface area contributed by atoms with Crippen molar-refractivity contribution in [3.05, 3.63) is 60.2 Å². The van der Waals surface area contributed by atoms with E-state index in [9.17, 15) is 0 Å². The number of oxazole rings is 1. The van der Waals surface area contributed by atoms with E-state index in [0.29, 0.717) is 11.8 Å². The van der Waals surface area contributed by atoms with Gasteiger partial charge in [-0.15, -0.1) is 12.1 Å². The van der Waals surface area contributed by atoms with E-state index in [1.165, 1.54) is 17.5 Å². The molecule has 0 aliphatic rings. The van der Waals surface area contributed by atoms with Crippen LogP contribution in [0.1, 0.15) is 50.7 Å². The standard InChI is InChI=1S/C21H21N4O.Ir/c1-13(2)15-7-5-8-16(14(3)4)20(15)25-21(22-11-24-25)17-9-6-10-18-19(17)23-12-26-18;/h5-8,10-14H,1-4H3;/q-1;. The molecule has 0 N–H and O–H groups in total. The molecule has 0 aliphatic carbocycles. The number of nitrogens with zero attached hydrogens (tertiary/aromatic N) is 4. The molecule has 2 aromatic carbocycles. The van der Waals surface area contributed by atoms with Crippen LogP contribution in [0.2, 0.25) is 0 Å². The quantitative estimate of drug-likeness (QED) is 0.339. The maximum atomic E-state index is 5.44. The number of fused-ring (bicyclic) bond motifs is 1. The summed E-state index contributed by atoms with van der Waals surface area (Å²) < 4.78 is 7.36. The van der Waals surface area contributed by atoms with Gasteiger partial charge in [0.25, 0.3) is 0 Å². The molecule has 0 unspecified atom stereocenters. The van der Waals surface area contributed by atoms with Crippen LogP contribution in [0.5, 0.6) is 0 Å². The summed E-state index contributed by atoms with van der Waals surface area (Å²) in [6, 6.07) is 13.4. The van der Waals surface area contributed by atoms with Gasteiger partial charge in [0.05, 0.1) is 17.1 Å². The zero-order valence-corrected chi connectivity index (χ0v) is 18.1. The van der Waals surface area contributed by atoms with Gasteiger partial charge in [-0.2, -0.15) is 5.10 Å². The SMILES string of the molecule is CC(C)c1cccc(C(C)C)c1-n1ncnc1-c1[c-]ccc2ocnc12.[Ir]. The summed E-state index contributed by atoms with van der Waals surface area (Å²) >= 11 is 0. The summed E-state index contributed by atoms with van der Waals surface area (Å²) in [4.78, 5) is 8.88. The molecule has 0 bridgehead atoms. The smallest absolute Gasteiger partial charge is 0.170 e. The summed E-state index contributed by atoms with van der Waals surface area (Å²) in [5.41, 5.74) is 5.84. The monoisotopic (exact) mass is 538 g/mol. The third-order valence-electron chi connectivity index (χ3n) is 4.62. The van der Waals surface area contributed by atoms with Gasteiger partial charge in [-0.3, -0.25) is 14.6 Å². The molecule has 2 heterocycles. The van der Waals surface area contributed by atoms with Crippen molar-refractivity contribution in [1.29, 1.82) is 0 Å². The fraction of sp³-hybridized carbons (Fsp3) is 0.286. The minimum absolute atomic E-state index is 0. The van der Waals surface area contributed by atoms with Gasteiger partial charge in [0.15, 0.2) is 6.39 Å². The van der Waals surface area contributed by atoms with E-state index in [-0.39, 0.29) is 20.1 Å². The molecule has 0 spiro atoms. The van der Waals surface area contributed by atoms with Crippen molar-refractivity contribution in [2.75, 3.05) is 0 Å². The number of hydrogen-bond donors (Lipinski definition) is 0. The molecule has 0 fully saturated rings. The average Bonchev–Trinajstić information content (AvgIpc) is 3.29. The molecule has 6 heteroatoms. The van der Waals surface area contributed by atoms with Gasteiger partial charge in [-0.1, -0.05) is 57.5 Å². The van der Waals surface area contributed by atoms with Gasteiger partial charge < -0.3 is 4.42 Å². The molecule has 1 radical (unpaired) electrons. The van der Waals surface area contributed by atoms with Gasteiger partial charge in [-0.05, 0) is 23.0 Å². The summed E-state index contributed by atoms with van der Waals surface area (Å²) in [5, 5.41) is 4.57. The third-order valence-corrected chi connectivity index (χ3v) is 4.62. The third kappa shape index (κ3) is 3.35. The molecule has 0 amide bonds. The number of benzene rings is 2. The first-order valence-electron chi connectivity index (χ1n) is 8.85. The summed E-state index contributed by atoms with van der Waals surface area (Å²) in [6.45, 7) is 8.79. The molecule has 0 aliphatic heterocycles. The van der Waals surface area contributed by atoms with Crippen LogP contribution in [0.25, 0.3) is 28.2 Å². The van der Waals surface area contributed by atoms with Crippen molar-refractivity contribution in [2.24, 2.45) is 0 Å². The Balaban J connectivity index is 0.00000210. The Morgan fingerprint density at radius 2 is 1.70 bits per heavy atom. The predicted molar refractivity (Wildman–Crippen MR) is 101 cm³/mol. The van der Waals surface area contributed by atoms with Crippen LogP contribution in [0.3, 0.4) is 0 Å². The average molecular weight is 538 g/mol. The Morgan fingerprint density at radius 1 is 1.00 bits per heavy atom. The molecule has 27 heavy (non-hydrogen) atoms. The second-order valence-electron chi connectivity index (χ2n) is 7.01. The molecule has 141 valence electrons. The predicted octanol–water partition coefficient (Wildman–Crippen LogP) is 5.12. The normalized spacial score (nSPS) is 11.3. The number of hydrogen-bond acceptors (Lipinski definition) is 4. The van der Waals surface area contributed by atoms with E-state index in [1.54, 1.807) is 6.33 Å². The van der Waals surface area contributed by atoms with Crippen LogP contribution in [0.15, 0.2) is 47.5 Å². The Bertz CT molecular complexity index is 1040. The number of aromatic nitrogens is 4. The molecular weight excluding hydrogens is 516 g/mol. The first-order valence-corrected chi connectivity index (χ1v) is 8.85. The second kappa shape index (κ2) is 7.75.